The Bertz CT molecular complexity index is 1290. The van der Waals surface area contributed by atoms with E-state index in [0.29, 0.717) is 17.4 Å². The maximum atomic E-state index is 15.9. The average Bonchev–Trinajstić information content (AvgIpc) is 3.09. The molecule has 6 atom stereocenters. The molecule has 4 rings (SSSR count). The summed E-state index contributed by atoms with van der Waals surface area (Å²) in [7, 11) is -4.57. The summed E-state index contributed by atoms with van der Waals surface area (Å²) >= 11 is 0. The number of aliphatic hydroxyl groups is 1. The minimum Gasteiger partial charge on any atom is -0.461 e. The van der Waals surface area contributed by atoms with Crippen molar-refractivity contribution in [3.63, 3.8) is 0 Å². The normalized spacial score (nSPS) is 29.4. The van der Waals surface area contributed by atoms with Crippen LogP contribution in [0.4, 0.5) is 14.6 Å². The van der Waals surface area contributed by atoms with Crippen LogP contribution in [0.2, 0.25) is 0 Å². The van der Waals surface area contributed by atoms with Gasteiger partial charge in [0.2, 0.25) is 11.9 Å². The number of H-pyrrole nitrogens is 1. The number of ether oxygens (including phenoxy) is 2. The lowest BCUT2D eigenvalue weighted by atomic mass is 9.97. The number of carbonyl (C=O) groups is 1. The topological polar surface area (TPSA) is 166 Å². The van der Waals surface area contributed by atoms with Gasteiger partial charge in [-0.2, -0.15) is 19.4 Å². The number of hydrogen-bond donors (Lipinski definition) is 4. The highest BCUT2D eigenvalue weighted by molar-refractivity contribution is 7.52. The number of benzene rings is 1. The largest absolute Gasteiger partial charge is 0.499 e. The van der Waals surface area contributed by atoms with Crippen molar-refractivity contribution >= 4 is 19.5 Å². The van der Waals surface area contributed by atoms with Crippen LogP contribution in [0.25, 0.3) is 0 Å². The van der Waals surface area contributed by atoms with E-state index in [1.165, 1.54) is 25.1 Å². The SMILES string of the molecule is CC(NP(=O)(OCC1(F)OC([n+]2ccc(N)[nH]c2=O)C(C)(F)C1O)Oc1ccccc1)C(=O)OC1CCCCC1. The van der Waals surface area contributed by atoms with Crippen molar-refractivity contribution in [3.05, 3.63) is 53.1 Å². The van der Waals surface area contributed by atoms with Crippen LogP contribution < -0.4 is 25.6 Å². The smallest absolute Gasteiger partial charge is 0.461 e. The summed E-state index contributed by atoms with van der Waals surface area (Å²) < 4.78 is 67.4. The molecule has 0 bridgehead atoms. The van der Waals surface area contributed by atoms with E-state index in [1.54, 1.807) is 18.2 Å². The zero-order valence-corrected chi connectivity index (χ0v) is 23.0. The number of nitrogen functional groups attached to an aromatic ring is 1. The molecule has 1 saturated heterocycles. The Morgan fingerprint density at radius 1 is 1.27 bits per heavy atom. The Morgan fingerprint density at radius 2 is 1.95 bits per heavy atom. The molecule has 0 spiro atoms. The first kappa shape index (κ1) is 30.1. The number of aliphatic hydroxyl groups excluding tert-OH is 1. The van der Waals surface area contributed by atoms with Crippen LogP contribution in [-0.4, -0.2) is 52.4 Å². The van der Waals surface area contributed by atoms with E-state index in [2.05, 4.69) is 10.1 Å². The molecule has 2 aromatic rings. The average molecular weight is 588 g/mol. The molecule has 5 N–H and O–H groups in total. The molecule has 1 aliphatic carbocycles. The van der Waals surface area contributed by atoms with E-state index < -0.39 is 55.9 Å². The van der Waals surface area contributed by atoms with Gasteiger partial charge >= 0.3 is 19.4 Å². The van der Waals surface area contributed by atoms with Gasteiger partial charge in [-0.05, 0) is 51.7 Å². The number of halogens is 2. The van der Waals surface area contributed by atoms with Crippen molar-refractivity contribution in [2.45, 2.75) is 82.0 Å². The molecule has 0 amide bonds. The molecule has 40 heavy (non-hydrogen) atoms. The molecule has 1 aromatic heterocycles. The molecule has 2 heterocycles. The van der Waals surface area contributed by atoms with Crippen LogP contribution in [0, 0.1) is 0 Å². The Balaban J connectivity index is 1.52. The minimum absolute atomic E-state index is 0.0311. The second kappa shape index (κ2) is 11.9. The van der Waals surface area contributed by atoms with E-state index in [-0.39, 0.29) is 17.7 Å². The van der Waals surface area contributed by atoms with Crippen LogP contribution in [0.1, 0.15) is 52.2 Å². The fourth-order valence-corrected chi connectivity index (χ4v) is 6.13. The summed E-state index contributed by atoms with van der Waals surface area (Å²) in [5.41, 5.74) is 1.76. The number of nitrogens with one attached hydrogen (secondary N) is 2. The number of carbonyl (C=O) groups excluding carboxylic acids is 1. The Kier molecular flexibility index (Phi) is 8.96. The number of para-hydroxylation sites is 1. The second-order valence-electron chi connectivity index (χ2n) is 10.1. The lowest BCUT2D eigenvalue weighted by molar-refractivity contribution is -0.786. The fraction of sp³-hybridized carbons (Fsp3) is 0.560. The van der Waals surface area contributed by atoms with Crippen LogP contribution in [-0.2, 0) is 23.4 Å². The Morgan fingerprint density at radius 3 is 2.60 bits per heavy atom. The molecule has 6 unspecified atom stereocenters. The van der Waals surface area contributed by atoms with Gasteiger partial charge in [-0.15, -0.1) is 0 Å². The van der Waals surface area contributed by atoms with Gasteiger partial charge in [0.25, 0.3) is 5.85 Å². The fourth-order valence-electron chi connectivity index (χ4n) is 4.63. The van der Waals surface area contributed by atoms with E-state index >= 15 is 8.78 Å². The minimum atomic E-state index is -4.57. The Hall–Kier alpha value is -2.90. The number of rotatable bonds is 10. The number of aromatic amines is 1. The van der Waals surface area contributed by atoms with Crippen molar-refractivity contribution in [2.24, 2.45) is 0 Å². The van der Waals surface area contributed by atoms with Gasteiger partial charge in [-0.1, -0.05) is 24.6 Å². The summed E-state index contributed by atoms with van der Waals surface area (Å²) in [6, 6.07) is 7.77. The molecule has 1 saturated carbocycles. The Labute approximate surface area is 229 Å². The molecule has 15 heteroatoms. The first-order valence-corrected chi connectivity index (χ1v) is 14.5. The second-order valence-corrected chi connectivity index (χ2v) is 11.8. The molecule has 220 valence electrons. The molecule has 12 nitrogen and oxygen atoms in total. The van der Waals surface area contributed by atoms with E-state index in [0.717, 1.165) is 32.4 Å². The first-order valence-electron chi connectivity index (χ1n) is 12.9. The van der Waals surface area contributed by atoms with E-state index in [1.807, 2.05) is 0 Å². The van der Waals surface area contributed by atoms with Gasteiger partial charge in [-0.3, -0.25) is 14.1 Å². The van der Waals surface area contributed by atoms with Gasteiger partial charge in [0.15, 0.2) is 11.9 Å². The number of nitrogens with zero attached hydrogens (tertiary/aromatic N) is 1. The number of nitrogens with two attached hydrogens (primary N) is 1. The van der Waals surface area contributed by atoms with Crippen molar-refractivity contribution in [1.82, 2.24) is 10.1 Å². The van der Waals surface area contributed by atoms with Crippen LogP contribution >= 0.6 is 7.75 Å². The lowest BCUT2D eigenvalue weighted by Gasteiger charge is -2.28. The molecular formula is C25H34F2N4O8P+. The standard InChI is InChI=1S/C25H33F2N4O8P/c1-16(20(32)37-17-9-5-3-6-10-17)30-40(35,39-18-11-7-4-8-12-18)36-15-25(27)21(33)24(2,26)22(38-25)31-14-13-19(28)29-23(31)34/h4,7-8,11-14,16-17,21-22,33H,3,5-6,9-10,15H2,1-2H3,(H3,28,29,30,34,35)/p+1. The quantitative estimate of drug-likeness (QED) is 0.184. The predicted octanol–water partition coefficient (Wildman–Crippen LogP) is 2.59. The maximum Gasteiger partial charge on any atom is 0.499 e. The number of hydrogen-bond acceptors (Lipinski definition) is 9. The third-order valence-electron chi connectivity index (χ3n) is 6.83. The highest BCUT2D eigenvalue weighted by Gasteiger charge is 2.67. The van der Waals surface area contributed by atoms with Crippen molar-refractivity contribution in [2.75, 3.05) is 12.3 Å². The number of alkyl halides is 2. The lowest BCUT2D eigenvalue weighted by Crippen LogP contribution is -2.60. The van der Waals surface area contributed by atoms with Crippen LogP contribution in [0.5, 0.6) is 5.75 Å². The van der Waals surface area contributed by atoms with Crippen molar-refractivity contribution in [1.29, 1.82) is 0 Å². The van der Waals surface area contributed by atoms with Gasteiger partial charge in [0.05, 0.1) is 0 Å². The molecule has 2 fully saturated rings. The van der Waals surface area contributed by atoms with Gasteiger partial charge < -0.3 is 20.1 Å². The summed E-state index contributed by atoms with van der Waals surface area (Å²) in [6.07, 6.45) is 0.711. The van der Waals surface area contributed by atoms with Crippen molar-refractivity contribution in [3.8, 4) is 5.75 Å². The van der Waals surface area contributed by atoms with Gasteiger partial charge in [-0.25, -0.2) is 13.3 Å². The molecular weight excluding hydrogens is 553 g/mol. The van der Waals surface area contributed by atoms with Gasteiger partial charge in [0, 0.05) is 6.07 Å². The third kappa shape index (κ3) is 6.69. The third-order valence-corrected chi connectivity index (χ3v) is 8.45. The zero-order chi connectivity index (χ0) is 29.1. The summed E-state index contributed by atoms with van der Waals surface area (Å²) in [6.45, 7) is 0.924. The van der Waals surface area contributed by atoms with E-state index in [4.69, 9.17) is 24.3 Å². The molecule has 2 aliphatic rings. The highest BCUT2D eigenvalue weighted by Crippen LogP contribution is 2.50. The maximum absolute atomic E-state index is 15.9. The van der Waals surface area contributed by atoms with Crippen molar-refractivity contribution < 1.29 is 46.3 Å². The van der Waals surface area contributed by atoms with E-state index in [9.17, 15) is 19.3 Å². The predicted molar refractivity (Wildman–Crippen MR) is 137 cm³/mol. The first-order chi connectivity index (χ1) is 18.8. The zero-order valence-electron chi connectivity index (χ0n) is 22.1. The van der Waals surface area contributed by atoms with Crippen LogP contribution in [0.3, 0.4) is 0 Å². The van der Waals surface area contributed by atoms with Crippen LogP contribution in [0.15, 0.2) is 47.4 Å². The molecule has 1 aromatic carbocycles. The molecule has 1 aliphatic heterocycles. The summed E-state index contributed by atoms with van der Waals surface area (Å²) in [5.74, 6) is -3.96. The number of anilines is 1. The van der Waals surface area contributed by atoms with Gasteiger partial charge in [0.1, 0.15) is 30.7 Å². The summed E-state index contributed by atoms with van der Waals surface area (Å²) in [4.78, 5) is 27.2. The number of aromatic nitrogens is 2. The number of esters is 1. The molecule has 0 radical (unpaired) electrons. The highest BCUT2D eigenvalue weighted by atomic mass is 31.2. The summed E-state index contributed by atoms with van der Waals surface area (Å²) in [5, 5.41) is 13.0. The monoisotopic (exact) mass is 587 g/mol.